The smallest absolute Gasteiger partial charge is 0.466 e. The van der Waals surface area contributed by atoms with Crippen LogP contribution in [-0.2, 0) is 0 Å². The lowest BCUT2D eigenvalue weighted by molar-refractivity contribution is -0.274. The number of hydrogen-bond acceptors (Lipinski definition) is 2. The second kappa shape index (κ2) is 4.57. The van der Waals surface area contributed by atoms with Crippen LogP contribution in [0.2, 0.25) is 0 Å². The van der Waals surface area contributed by atoms with Crippen LogP contribution in [-0.4, -0.2) is 6.36 Å². The summed E-state index contributed by atoms with van der Waals surface area (Å²) in [7, 11) is 0. The molecule has 0 fully saturated rings. The first-order chi connectivity index (χ1) is 6.92. The highest BCUT2D eigenvalue weighted by Gasteiger charge is 2.31. The molecule has 0 saturated carbocycles. The third kappa shape index (κ3) is 3.83. The highest BCUT2D eigenvalue weighted by Crippen LogP contribution is 2.33. The van der Waals surface area contributed by atoms with Crippen LogP contribution in [0.1, 0.15) is 0 Å². The molecule has 0 atom stereocenters. The molecule has 0 aliphatic heterocycles. The van der Waals surface area contributed by atoms with Crippen LogP contribution in [0.3, 0.4) is 0 Å². The molecule has 0 aliphatic rings. The molecule has 1 aromatic carbocycles. The van der Waals surface area contributed by atoms with E-state index in [0.29, 0.717) is 5.75 Å². The quantitative estimate of drug-likeness (QED) is 0.784. The van der Waals surface area contributed by atoms with E-state index < -0.39 is 6.36 Å². The first-order valence-electron chi connectivity index (χ1n) is 3.75. The van der Waals surface area contributed by atoms with Gasteiger partial charge in [-0.05, 0) is 34.1 Å². The van der Waals surface area contributed by atoms with Gasteiger partial charge < -0.3 is 9.47 Å². The average Bonchev–Trinajstić information content (AvgIpc) is 2.08. The van der Waals surface area contributed by atoms with Crippen molar-refractivity contribution in [3.8, 4) is 11.5 Å². The lowest BCUT2D eigenvalue weighted by atomic mass is 10.3. The first kappa shape index (κ1) is 11.9. The van der Waals surface area contributed by atoms with E-state index in [0.717, 1.165) is 6.07 Å². The summed E-state index contributed by atoms with van der Waals surface area (Å²) in [6.45, 7) is 3.32. The summed E-state index contributed by atoms with van der Waals surface area (Å²) in [5.41, 5.74) is 0. The summed E-state index contributed by atoms with van der Waals surface area (Å²) < 4.78 is 44.4. The molecular weight excluding hydrogens is 277 g/mol. The van der Waals surface area contributed by atoms with Gasteiger partial charge in [0.25, 0.3) is 0 Å². The molecule has 0 unspecified atom stereocenters. The van der Waals surface area contributed by atoms with E-state index in [1.54, 1.807) is 0 Å². The lowest BCUT2D eigenvalue weighted by Crippen LogP contribution is -2.17. The molecule has 0 amide bonds. The number of alkyl halides is 3. The van der Waals surface area contributed by atoms with Gasteiger partial charge in [-0.15, -0.1) is 13.2 Å². The number of benzene rings is 1. The van der Waals surface area contributed by atoms with Gasteiger partial charge in [0.05, 0.1) is 10.7 Å². The first-order valence-corrected chi connectivity index (χ1v) is 4.54. The zero-order chi connectivity index (χ0) is 11.5. The predicted molar refractivity (Wildman–Crippen MR) is 51.7 cm³/mol. The molecule has 1 rings (SSSR count). The fraction of sp³-hybridized carbons (Fsp3) is 0.111. The molecule has 0 aliphatic carbocycles. The van der Waals surface area contributed by atoms with Gasteiger partial charge in [-0.25, -0.2) is 0 Å². The van der Waals surface area contributed by atoms with Crippen LogP contribution in [0.25, 0.3) is 0 Å². The van der Waals surface area contributed by atoms with Crippen LogP contribution in [0, 0.1) is 0 Å². The summed E-state index contributed by atoms with van der Waals surface area (Å²) in [5.74, 6) is 0.0466. The van der Waals surface area contributed by atoms with Crippen LogP contribution in [0.5, 0.6) is 11.5 Å². The van der Waals surface area contributed by atoms with Crippen molar-refractivity contribution in [3.63, 3.8) is 0 Å². The second-order valence-corrected chi connectivity index (χ2v) is 3.28. The van der Waals surface area contributed by atoms with E-state index in [1.165, 1.54) is 18.4 Å². The average molecular weight is 283 g/mol. The minimum atomic E-state index is -4.71. The number of ether oxygens (including phenoxy) is 2. The topological polar surface area (TPSA) is 18.5 Å². The highest BCUT2D eigenvalue weighted by atomic mass is 79.9. The summed E-state index contributed by atoms with van der Waals surface area (Å²) in [6, 6.07) is 3.84. The molecule has 0 spiro atoms. The summed E-state index contributed by atoms with van der Waals surface area (Å²) >= 11 is 2.93. The van der Waals surface area contributed by atoms with Gasteiger partial charge in [0.1, 0.15) is 11.5 Å². The third-order valence-electron chi connectivity index (χ3n) is 1.35. The molecule has 6 heteroatoms. The second-order valence-electron chi connectivity index (χ2n) is 2.42. The van der Waals surface area contributed by atoms with Crippen LogP contribution in [0.4, 0.5) is 13.2 Å². The Kier molecular flexibility index (Phi) is 3.62. The van der Waals surface area contributed by atoms with Crippen molar-refractivity contribution < 1.29 is 22.6 Å². The Morgan fingerprint density at radius 3 is 2.47 bits per heavy atom. The Hall–Kier alpha value is -1.17. The Morgan fingerprint density at radius 1 is 1.33 bits per heavy atom. The van der Waals surface area contributed by atoms with Crippen LogP contribution in [0.15, 0.2) is 35.5 Å². The lowest BCUT2D eigenvalue weighted by Gasteiger charge is -2.10. The number of rotatable bonds is 3. The molecule has 0 bridgehead atoms. The van der Waals surface area contributed by atoms with Crippen molar-refractivity contribution in [1.29, 1.82) is 0 Å². The standard InChI is InChI=1S/C9H6BrF3O2/c1-2-14-6-3-4-8(7(10)5-6)15-9(11,12)13/h2-5H,1H2. The van der Waals surface area contributed by atoms with Gasteiger partial charge in [0, 0.05) is 0 Å². The maximum absolute atomic E-state index is 11.9. The van der Waals surface area contributed by atoms with Crippen molar-refractivity contribution >= 4 is 15.9 Å². The molecule has 0 N–H and O–H groups in total. The van der Waals surface area contributed by atoms with E-state index in [4.69, 9.17) is 4.74 Å². The van der Waals surface area contributed by atoms with Gasteiger partial charge in [0.2, 0.25) is 0 Å². The summed E-state index contributed by atoms with van der Waals surface area (Å²) in [5, 5.41) is 0. The van der Waals surface area contributed by atoms with Gasteiger partial charge in [-0.3, -0.25) is 0 Å². The highest BCUT2D eigenvalue weighted by molar-refractivity contribution is 9.10. The minimum Gasteiger partial charge on any atom is -0.466 e. The molecular formula is C9H6BrF3O2. The molecule has 2 nitrogen and oxygen atoms in total. The van der Waals surface area contributed by atoms with Gasteiger partial charge in [0.15, 0.2) is 0 Å². The zero-order valence-electron chi connectivity index (χ0n) is 7.34. The Balaban J connectivity index is 2.88. The van der Waals surface area contributed by atoms with Crippen LogP contribution < -0.4 is 9.47 Å². The monoisotopic (exact) mass is 282 g/mol. The molecule has 1 aromatic rings. The Bertz CT molecular complexity index is 363. The number of halogens is 4. The molecule has 15 heavy (non-hydrogen) atoms. The van der Waals surface area contributed by atoms with E-state index in [1.807, 2.05) is 0 Å². The molecule has 0 radical (unpaired) electrons. The molecule has 0 heterocycles. The van der Waals surface area contributed by atoms with Crippen molar-refractivity contribution in [2.24, 2.45) is 0 Å². The fourth-order valence-corrected chi connectivity index (χ4v) is 1.30. The van der Waals surface area contributed by atoms with E-state index in [9.17, 15) is 13.2 Å². The predicted octanol–water partition coefficient (Wildman–Crippen LogP) is 3.87. The van der Waals surface area contributed by atoms with Crippen LogP contribution >= 0.6 is 15.9 Å². The van der Waals surface area contributed by atoms with E-state index in [-0.39, 0.29) is 10.2 Å². The summed E-state index contributed by atoms with van der Waals surface area (Å²) in [6.07, 6.45) is -3.53. The summed E-state index contributed by atoms with van der Waals surface area (Å²) in [4.78, 5) is 0. The van der Waals surface area contributed by atoms with Crippen molar-refractivity contribution in [2.75, 3.05) is 0 Å². The van der Waals surface area contributed by atoms with Crippen molar-refractivity contribution in [3.05, 3.63) is 35.5 Å². The van der Waals surface area contributed by atoms with Gasteiger partial charge in [-0.1, -0.05) is 6.58 Å². The maximum atomic E-state index is 11.9. The largest absolute Gasteiger partial charge is 0.573 e. The van der Waals surface area contributed by atoms with E-state index >= 15 is 0 Å². The normalized spacial score (nSPS) is 10.9. The third-order valence-corrected chi connectivity index (χ3v) is 1.97. The molecule has 82 valence electrons. The van der Waals surface area contributed by atoms with Crippen molar-refractivity contribution in [1.82, 2.24) is 0 Å². The fourth-order valence-electron chi connectivity index (χ4n) is 0.859. The molecule has 0 aromatic heterocycles. The minimum absolute atomic E-state index is 0.152. The van der Waals surface area contributed by atoms with Crippen molar-refractivity contribution in [2.45, 2.75) is 6.36 Å². The van der Waals surface area contributed by atoms with E-state index in [2.05, 4.69) is 27.2 Å². The zero-order valence-corrected chi connectivity index (χ0v) is 8.93. The Labute approximate surface area is 92.4 Å². The number of hydrogen-bond donors (Lipinski definition) is 0. The SMILES string of the molecule is C=COc1ccc(OC(F)(F)F)c(Br)c1. The Morgan fingerprint density at radius 2 is 2.00 bits per heavy atom. The molecule has 0 saturated heterocycles. The van der Waals surface area contributed by atoms with Gasteiger partial charge in [-0.2, -0.15) is 0 Å². The maximum Gasteiger partial charge on any atom is 0.573 e. The van der Waals surface area contributed by atoms with Gasteiger partial charge >= 0.3 is 6.36 Å².